The molecule has 0 aliphatic carbocycles. The van der Waals surface area contributed by atoms with Crippen LogP contribution < -0.4 is 0 Å². The highest BCUT2D eigenvalue weighted by Crippen LogP contribution is 2.10. The average Bonchev–Trinajstić information content (AvgIpc) is 2.59. The summed E-state index contributed by atoms with van der Waals surface area (Å²) in [6.07, 6.45) is 2.82. The maximum absolute atomic E-state index is 4.52. The maximum atomic E-state index is 4.52. The first kappa shape index (κ1) is 8.23. The first-order valence-electron chi connectivity index (χ1n) is 4.66. The lowest BCUT2D eigenvalue weighted by Gasteiger charge is -1.99. The van der Waals surface area contributed by atoms with E-state index in [0.717, 1.165) is 29.8 Å². The predicted octanol–water partition coefficient (Wildman–Crippen LogP) is 2.01. The van der Waals surface area contributed by atoms with Gasteiger partial charge in [-0.25, -0.2) is 9.97 Å². The van der Waals surface area contributed by atoms with Gasteiger partial charge in [-0.05, 0) is 25.5 Å². The molecule has 0 unspecified atom stereocenters. The number of aromatic nitrogens is 3. The smallest absolute Gasteiger partial charge is 0.160 e. The van der Waals surface area contributed by atoms with Crippen molar-refractivity contribution in [3.63, 3.8) is 0 Å². The molecule has 0 radical (unpaired) electrons. The Morgan fingerprint density at radius 2 is 2.15 bits per heavy atom. The second kappa shape index (κ2) is 3.17. The van der Waals surface area contributed by atoms with Crippen LogP contribution in [-0.4, -0.2) is 14.5 Å². The third-order valence-corrected chi connectivity index (χ3v) is 2.22. The van der Waals surface area contributed by atoms with Gasteiger partial charge in [0.25, 0.3) is 0 Å². The number of hydrogen-bond acceptors (Lipinski definition) is 2. The summed E-state index contributed by atoms with van der Waals surface area (Å²) in [4.78, 5) is 8.79. The van der Waals surface area contributed by atoms with E-state index in [0.29, 0.717) is 0 Å². The Balaban J connectivity index is 2.64. The quantitative estimate of drug-likeness (QED) is 0.699. The summed E-state index contributed by atoms with van der Waals surface area (Å²) >= 11 is 0. The lowest BCUT2D eigenvalue weighted by Crippen LogP contribution is -1.95. The fourth-order valence-electron chi connectivity index (χ4n) is 1.41. The van der Waals surface area contributed by atoms with Crippen molar-refractivity contribution < 1.29 is 0 Å². The normalized spacial score (nSPS) is 10.9. The molecular formula is C10H13N3. The molecule has 13 heavy (non-hydrogen) atoms. The van der Waals surface area contributed by atoms with E-state index >= 15 is 0 Å². The van der Waals surface area contributed by atoms with Crippen LogP contribution in [0.5, 0.6) is 0 Å². The van der Waals surface area contributed by atoms with Crippen LogP contribution in [0.1, 0.15) is 19.5 Å². The minimum atomic E-state index is 0.927. The van der Waals surface area contributed by atoms with Crippen LogP contribution in [0.25, 0.3) is 11.2 Å². The summed E-state index contributed by atoms with van der Waals surface area (Å²) in [6.45, 7) is 5.14. The van der Waals surface area contributed by atoms with Gasteiger partial charge in [-0.3, -0.25) is 0 Å². The molecule has 0 aliphatic heterocycles. The third-order valence-electron chi connectivity index (χ3n) is 2.22. The lowest BCUT2D eigenvalue weighted by molar-refractivity contribution is 0.775. The largest absolute Gasteiger partial charge is 0.316 e. The molecule has 3 nitrogen and oxygen atoms in total. The van der Waals surface area contributed by atoms with Crippen LogP contribution >= 0.6 is 0 Å². The Labute approximate surface area is 77.4 Å². The van der Waals surface area contributed by atoms with Gasteiger partial charge in [0.2, 0.25) is 0 Å². The number of nitrogens with zero attached hydrogens (tertiary/aromatic N) is 3. The van der Waals surface area contributed by atoms with E-state index in [9.17, 15) is 0 Å². The first-order valence-corrected chi connectivity index (χ1v) is 4.66. The van der Waals surface area contributed by atoms with Crippen molar-refractivity contribution in [1.82, 2.24) is 14.5 Å². The van der Waals surface area contributed by atoms with Crippen LogP contribution in [0.15, 0.2) is 18.5 Å². The Hall–Kier alpha value is -1.38. The van der Waals surface area contributed by atoms with E-state index in [1.807, 2.05) is 18.5 Å². The molecular weight excluding hydrogens is 162 g/mol. The number of pyridine rings is 1. The Bertz CT molecular complexity index is 417. The first-order chi connectivity index (χ1) is 6.35. The van der Waals surface area contributed by atoms with Gasteiger partial charge < -0.3 is 4.57 Å². The zero-order valence-electron chi connectivity index (χ0n) is 7.99. The third kappa shape index (κ3) is 1.30. The summed E-state index contributed by atoms with van der Waals surface area (Å²) in [6, 6.07) is 4.07. The Kier molecular flexibility index (Phi) is 2.00. The summed E-state index contributed by atoms with van der Waals surface area (Å²) in [7, 11) is 0. The predicted molar refractivity (Wildman–Crippen MR) is 52.6 cm³/mol. The molecule has 0 aliphatic rings. The van der Waals surface area contributed by atoms with Crippen molar-refractivity contribution in [2.75, 3.05) is 0 Å². The molecule has 0 saturated heterocycles. The second-order valence-electron chi connectivity index (χ2n) is 3.03. The number of fused-ring (bicyclic) bond motifs is 1. The maximum Gasteiger partial charge on any atom is 0.160 e. The molecule has 2 heterocycles. The number of imidazole rings is 1. The highest BCUT2D eigenvalue weighted by atomic mass is 15.1. The topological polar surface area (TPSA) is 30.7 Å². The van der Waals surface area contributed by atoms with Crippen LogP contribution in [0, 0.1) is 0 Å². The summed E-state index contributed by atoms with van der Waals surface area (Å²) < 4.78 is 2.06. The van der Waals surface area contributed by atoms with Gasteiger partial charge in [0.1, 0.15) is 5.52 Å². The molecule has 68 valence electrons. The van der Waals surface area contributed by atoms with Crippen molar-refractivity contribution in [1.29, 1.82) is 0 Å². The Morgan fingerprint density at radius 1 is 1.31 bits per heavy atom. The SMILES string of the molecule is CCc1ccc2ncn(CC)c2n1. The molecule has 0 saturated carbocycles. The number of rotatable bonds is 2. The van der Waals surface area contributed by atoms with E-state index in [2.05, 4.69) is 28.4 Å². The summed E-state index contributed by atoms with van der Waals surface area (Å²) in [5.74, 6) is 0. The van der Waals surface area contributed by atoms with E-state index < -0.39 is 0 Å². The minimum Gasteiger partial charge on any atom is -0.316 e. The second-order valence-corrected chi connectivity index (χ2v) is 3.03. The Morgan fingerprint density at radius 3 is 2.85 bits per heavy atom. The molecule has 2 rings (SSSR count). The molecule has 2 aromatic heterocycles. The van der Waals surface area contributed by atoms with Crippen molar-refractivity contribution in [3.8, 4) is 0 Å². The van der Waals surface area contributed by atoms with Gasteiger partial charge in [0.05, 0.1) is 6.33 Å². The standard InChI is InChI=1S/C10H13N3/c1-3-8-5-6-9-10(12-8)13(4-2)7-11-9/h5-7H,3-4H2,1-2H3. The molecule has 3 heteroatoms. The van der Waals surface area contributed by atoms with Gasteiger partial charge in [-0.2, -0.15) is 0 Å². The van der Waals surface area contributed by atoms with E-state index in [1.165, 1.54) is 0 Å². The van der Waals surface area contributed by atoms with Gasteiger partial charge in [0.15, 0.2) is 5.65 Å². The monoisotopic (exact) mass is 175 g/mol. The minimum absolute atomic E-state index is 0.927. The van der Waals surface area contributed by atoms with Crippen molar-refractivity contribution in [2.24, 2.45) is 0 Å². The zero-order valence-corrected chi connectivity index (χ0v) is 7.99. The van der Waals surface area contributed by atoms with Crippen LogP contribution in [-0.2, 0) is 13.0 Å². The molecule has 0 aromatic carbocycles. The fraction of sp³-hybridized carbons (Fsp3) is 0.400. The zero-order chi connectivity index (χ0) is 9.26. The van der Waals surface area contributed by atoms with Crippen LogP contribution in [0.2, 0.25) is 0 Å². The van der Waals surface area contributed by atoms with Crippen molar-refractivity contribution in [2.45, 2.75) is 26.8 Å². The molecule has 0 spiro atoms. The molecule has 0 atom stereocenters. The van der Waals surface area contributed by atoms with Gasteiger partial charge in [-0.1, -0.05) is 6.92 Å². The molecule has 0 bridgehead atoms. The lowest BCUT2D eigenvalue weighted by atomic mass is 10.3. The van der Waals surface area contributed by atoms with E-state index in [-0.39, 0.29) is 0 Å². The molecule has 2 aromatic rings. The van der Waals surface area contributed by atoms with Gasteiger partial charge >= 0.3 is 0 Å². The molecule has 0 N–H and O–H groups in total. The summed E-state index contributed by atoms with van der Waals surface area (Å²) in [5.41, 5.74) is 3.11. The highest BCUT2D eigenvalue weighted by Gasteiger charge is 2.02. The number of aryl methyl sites for hydroxylation is 2. The molecule has 0 amide bonds. The fourth-order valence-corrected chi connectivity index (χ4v) is 1.41. The van der Waals surface area contributed by atoms with Crippen molar-refractivity contribution in [3.05, 3.63) is 24.2 Å². The van der Waals surface area contributed by atoms with E-state index in [4.69, 9.17) is 0 Å². The van der Waals surface area contributed by atoms with E-state index in [1.54, 1.807) is 0 Å². The van der Waals surface area contributed by atoms with Gasteiger partial charge in [-0.15, -0.1) is 0 Å². The number of hydrogen-bond donors (Lipinski definition) is 0. The average molecular weight is 175 g/mol. The van der Waals surface area contributed by atoms with Crippen molar-refractivity contribution >= 4 is 11.2 Å². The highest BCUT2D eigenvalue weighted by molar-refractivity contribution is 5.70. The summed E-state index contributed by atoms with van der Waals surface area (Å²) in [5, 5.41) is 0. The molecule has 0 fully saturated rings. The van der Waals surface area contributed by atoms with Crippen LogP contribution in [0.4, 0.5) is 0 Å². The van der Waals surface area contributed by atoms with Gasteiger partial charge in [0, 0.05) is 12.2 Å². The van der Waals surface area contributed by atoms with Crippen LogP contribution in [0.3, 0.4) is 0 Å².